The zero-order chi connectivity index (χ0) is 22.1. The molecule has 1 saturated heterocycles. The predicted molar refractivity (Wildman–Crippen MR) is 123 cm³/mol. The summed E-state index contributed by atoms with van der Waals surface area (Å²) in [6.07, 6.45) is 7.98. The van der Waals surface area contributed by atoms with Crippen molar-refractivity contribution in [2.24, 2.45) is 0 Å². The Morgan fingerprint density at radius 1 is 1.12 bits per heavy atom. The molecule has 7 nitrogen and oxygen atoms in total. The van der Waals surface area contributed by atoms with Crippen molar-refractivity contribution in [3.05, 3.63) is 72.7 Å². The molecule has 1 aliphatic heterocycles. The summed E-state index contributed by atoms with van der Waals surface area (Å²) in [4.78, 5) is 29.0. The van der Waals surface area contributed by atoms with Gasteiger partial charge in [0, 0.05) is 37.8 Å². The molecule has 0 saturated carbocycles. The van der Waals surface area contributed by atoms with E-state index in [9.17, 15) is 4.79 Å². The molecule has 0 radical (unpaired) electrons. The van der Waals surface area contributed by atoms with Crippen molar-refractivity contribution in [2.45, 2.75) is 51.6 Å². The molecule has 1 atom stereocenters. The standard InChI is InChI=1S/C25H28N6O/c1-18(2)25-26-13-16-31(25)23-11-5-8-20(28-23)22-10-6-14-30(22)24(32)12-15-29-17-27-19-7-3-4-9-21(19)29/h3-5,7-9,11,13,16-18,22H,6,10,12,14-15H2,1-2H3/t22-/m1/s1. The van der Waals surface area contributed by atoms with E-state index in [2.05, 4.69) is 28.4 Å². The van der Waals surface area contributed by atoms with E-state index in [0.29, 0.717) is 18.9 Å². The Kier molecular flexibility index (Phi) is 5.47. The van der Waals surface area contributed by atoms with Crippen molar-refractivity contribution in [2.75, 3.05) is 6.54 Å². The maximum absolute atomic E-state index is 13.2. The highest BCUT2D eigenvalue weighted by Gasteiger charge is 2.31. The average molecular weight is 429 g/mol. The Labute approximate surface area is 187 Å². The van der Waals surface area contributed by atoms with Gasteiger partial charge >= 0.3 is 0 Å². The maximum Gasteiger partial charge on any atom is 0.224 e. The SMILES string of the molecule is CC(C)c1nccn1-c1cccc([C@H]2CCCN2C(=O)CCn2cnc3ccccc32)n1. The number of amides is 1. The first-order valence-corrected chi connectivity index (χ1v) is 11.3. The molecular weight excluding hydrogens is 400 g/mol. The van der Waals surface area contributed by atoms with Crippen LogP contribution in [0.15, 0.2) is 61.2 Å². The normalized spacial score (nSPS) is 16.3. The van der Waals surface area contributed by atoms with Crippen LogP contribution >= 0.6 is 0 Å². The molecule has 0 spiro atoms. The van der Waals surface area contributed by atoms with Crippen LogP contribution in [0.5, 0.6) is 0 Å². The summed E-state index contributed by atoms with van der Waals surface area (Å²) in [5.41, 5.74) is 2.97. The fourth-order valence-corrected chi connectivity index (χ4v) is 4.62. The smallest absolute Gasteiger partial charge is 0.224 e. The lowest BCUT2D eigenvalue weighted by atomic mass is 10.1. The molecule has 5 rings (SSSR count). The number of para-hydroxylation sites is 2. The second-order valence-electron chi connectivity index (χ2n) is 8.65. The second kappa shape index (κ2) is 8.57. The summed E-state index contributed by atoms with van der Waals surface area (Å²) in [5.74, 6) is 2.32. The van der Waals surface area contributed by atoms with Crippen LogP contribution in [0.2, 0.25) is 0 Å². The first-order chi connectivity index (χ1) is 15.6. The van der Waals surface area contributed by atoms with Gasteiger partial charge in [-0.1, -0.05) is 32.0 Å². The quantitative estimate of drug-likeness (QED) is 0.454. The van der Waals surface area contributed by atoms with Gasteiger partial charge in [0.2, 0.25) is 5.91 Å². The Morgan fingerprint density at radius 3 is 2.88 bits per heavy atom. The van der Waals surface area contributed by atoms with Crippen LogP contribution in [0.3, 0.4) is 0 Å². The van der Waals surface area contributed by atoms with Crippen molar-refractivity contribution in [1.82, 2.24) is 29.0 Å². The van der Waals surface area contributed by atoms with Crippen molar-refractivity contribution in [3.63, 3.8) is 0 Å². The Balaban J connectivity index is 1.33. The lowest BCUT2D eigenvalue weighted by Crippen LogP contribution is -2.31. The van der Waals surface area contributed by atoms with Gasteiger partial charge in [0.15, 0.2) is 0 Å². The number of benzene rings is 1. The van der Waals surface area contributed by atoms with Crippen molar-refractivity contribution in [3.8, 4) is 5.82 Å². The molecule has 1 fully saturated rings. The number of aromatic nitrogens is 5. The third-order valence-corrected chi connectivity index (χ3v) is 6.20. The number of hydrogen-bond donors (Lipinski definition) is 0. The molecule has 4 heterocycles. The van der Waals surface area contributed by atoms with Gasteiger partial charge in [0.05, 0.1) is 29.1 Å². The molecule has 164 valence electrons. The van der Waals surface area contributed by atoms with E-state index in [1.807, 2.05) is 70.7 Å². The molecule has 3 aromatic heterocycles. The third-order valence-electron chi connectivity index (χ3n) is 6.20. The Morgan fingerprint density at radius 2 is 2.00 bits per heavy atom. The summed E-state index contributed by atoms with van der Waals surface area (Å²) >= 11 is 0. The van der Waals surface area contributed by atoms with E-state index in [1.165, 1.54) is 0 Å². The molecule has 1 aliphatic rings. The van der Waals surface area contributed by atoms with E-state index in [-0.39, 0.29) is 11.9 Å². The Bertz CT molecular complexity index is 1240. The number of rotatable bonds is 6. The fraction of sp³-hybridized carbons (Fsp3) is 0.360. The highest BCUT2D eigenvalue weighted by molar-refractivity contribution is 5.78. The molecule has 1 amide bonds. The fourth-order valence-electron chi connectivity index (χ4n) is 4.62. The molecule has 1 aromatic carbocycles. The molecule has 7 heteroatoms. The van der Waals surface area contributed by atoms with Crippen LogP contribution in [0.4, 0.5) is 0 Å². The van der Waals surface area contributed by atoms with Gasteiger partial charge in [0.25, 0.3) is 0 Å². The molecular formula is C25H28N6O. The number of aryl methyl sites for hydroxylation is 1. The van der Waals surface area contributed by atoms with E-state index < -0.39 is 0 Å². The first-order valence-electron chi connectivity index (χ1n) is 11.3. The molecule has 0 bridgehead atoms. The van der Waals surface area contributed by atoms with Gasteiger partial charge in [-0.2, -0.15) is 0 Å². The zero-order valence-electron chi connectivity index (χ0n) is 18.6. The lowest BCUT2D eigenvalue weighted by Gasteiger charge is -2.25. The predicted octanol–water partition coefficient (Wildman–Crippen LogP) is 4.49. The van der Waals surface area contributed by atoms with E-state index in [4.69, 9.17) is 4.98 Å². The monoisotopic (exact) mass is 428 g/mol. The third kappa shape index (κ3) is 3.79. The van der Waals surface area contributed by atoms with Gasteiger partial charge < -0.3 is 9.47 Å². The van der Waals surface area contributed by atoms with Crippen LogP contribution in [0, 0.1) is 0 Å². The average Bonchev–Trinajstić information content (AvgIpc) is 3.57. The topological polar surface area (TPSA) is 68.8 Å². The van der Waals surface area contributed by atoms with Crippen molar-refractivity contribution < 1.29 is 4.79 Å². The first kappa shape index (κ1) is 20.4. The molecule has 0 aliphatic carbocycles. The van der Waals surface area contributed by atoms with Crippen LogP contribution in [0.25, 0.3) is 16.9 Å². The summed E-state index contributed by atoms with van der Waals surface area (Å²) in [5, 5.41) is 0. The minimum atomic E-state index is 0.0213. The summed E-state index contributed by atoms with van der Waals surface area (Å²) in [6.45, 7) is 5.66. The highest BCUT2D eigenvalue weighted by Crippen LogP contribution is 2.32. The number of carbonyl (C=O) groups excluding carboxylic acids is 1. The zero-order valence-corrected chi connectivity index (χ0v) is 18.6. The van der Waals surface area contributed by atoms with E-state index in [1.54, 1.807) is 0 Å². The lowest BCUT2D eigenvalue weighted by molar-refractivity contribution is -0.132. The van der Waals surface area contributed by atoms with Crippen molar-refractivity contribution >= 4 is 16.9 Å². The number of nitrogens with zero attached hydrogens (tertiary/aromatic N) is 6. The van der Waals surface area contributed by atoms with Crippen LogP contribution in [-0.2, 0) is 11.3 Å². The molecule has 0 N–H and O–H groups in total. The van der Waals surface area contributed by atoms with Gasteiger partial charge in [-0.15, -0.1) is 0 Å². The number of hydrogen-bond acceptors (Lipinski definition) is 4. The van der Waals surface area contributed by atoms with Gasteiger partial charge in [0.1, 0.15) is 11.6 Å². The van der Waals surface area contributed by atoms with Crippen LogP contribution in [0.1, 0.15) is 56.6 Å². The van der Waals surface area contributed by atoms with Crippen molar-refractivity contribution in [1.29, 1.82) is 0 Å². The minimum Gasteiger partial charge on any atom is -0.334 e. The summed E-state index contributed by atoms with van der Waals surface area (Å²) < 4.78 is 4.10. The minimum absolute atomic E-state index is 0.0213. The van der Waals surface area contributed by atoms with E-state index >= 15 is 0 Å². The highest BCUT2D eigenvalue weighted by atomic mass is 16.2. The van der Waals surface area contributed by atoms with Gasteiger partial charge in [-0.05, 0) is 37.1 Å². The number of imidazole rings is 2. The number of likely N-dealkylation sites (tertiary alicyclic amines) is 1. The van der Waals surface area contributed by atoms with Crippen LogP contribution in [-0.4, -0.2) is 41.4 Å². The molecule has 4 aromatic rings. The van der Waals surface area contributed by atoms with Crippen LogP contribution < -0.4 is 0 Å². The number of carbonyl (C=O) groups is 1. The van der Waals surface area contributed by atoms with Gasteiger partial charge in [-0.3, -0.25) is 9.36 Å². The molecule has 0 unspecified atom stereocenters. The Hall–Kier alpha value is -3.48. The number of pyridine rings is 1. The molecule has 32 heavy (non-hydrogen) atoms. The summed E-state index contributed by atoms with van der Waals surface area (Å²) in [7, 11) is 0. The number of fused-ring (bicyclic) bond motifs is 1. The summed E-state index contributed by atoms with van der Waals surface area (Å²) in [6, 6.07) is 14.1. The van der Waals surface area contributed by atoms with E-state index in [0.717, 1.165) is 47.8 Å². The van der Waals surface area contributed by atoms with Gasteiger partial charge in [-0.25, -0.2) is 15.0 Å². The maximum atomic E-state index is 13.2. The largest absolute Gasteiger partial charge is 0.334 e. The second-order valence-corrected chi connectivity index (χ2v) is 8.65.